The van der Waals surface area contributed by atoms with Gasteiger partial charge in [0.15, 0.2) is 0 Å². The van der Waals surface area contributed by atoms with E-state index in [0.717, 1.165) is 23.9 Å². The molecule has 0 bridgehead atoms. The van der Waals surface area contributed by atoms with Crippen molar-refractivity contribution in [2.45, 2.75) is 20.4 Å². The maximum absolute atomic E-state index is 5.37. The van der Waals surface area contributed by atoms with Gasteiger partial charge in [-0.1, -0.05) is 25.7 Å². The number of hydrogen-bond acceptors (Lipinski definition) is 3. The molecule has 17 heavy (non-hydrogen) atoms. The molecule has 0 radical (unpaired) electrons. The molecule has 2 nitrogen and oxygen atoms in total. The Balaban J connectivity index is 1.93. The second kappa shape index (κ2) is 5.68. The van der Waals surface area contributed by atoms with Gasteiger partial charge in [-0.3, -0.25) is 4.90 Å². The number of likely N-dealkylation sites (tertiary alicyclic amines) is 1. The van der Waals surface area contributed by atoms with Gasteiger partial charge in [-0.15, -0.1) is 11.3 Å². The van der Waals surface area contributed by atoms with E-state index in [1.807, 2.05) is 0 Å². The normalized spacial score (nSPS) is 24.6. The highest BCUT2D eigenvalue weighted by Gasteiger charge is 2.25. The van der Waals surface area contributed by atoms with Crippen molar-refractivity contribution in [1.82, 2.24) is 4.90 Å². The molecular weight excluding hydrogens is 228 g/mol. The van der Waals surface area contributed by atoms with Gasteiger partial charge in [0.2, 0.25) is 0 Å². The van der Waals surface area contributed by atoms with Gasteiger partial charge in [0.1, 0.15) is 0 Å². The molecule has 2 heterocycles. The Bertz CT molecular complexity index is 417. The first-order chi connectivity index (χ1) is 8.19. The first kappa shape index (κ1) is 12.6. The Morgan fingerprint density at radius 1 is 1.41 bits per heavy atom. The zero-order valence-electron chi connectivity index (χ0n) is 10.6. The quantitative estimate of drug-likeness (QED) is 0.813. The van der Waals surface area contributed by atoms with Gasteiger partial charge < -0.3 is 5.73 Å². The summed E-state index contributed by atoms with van der Waals surface area (Å²) < 4.78 is 0. The molecule has 0 saturated carbocycles. The van der Waals surface area contributed by atoms with Crippen molar-refractivity contribution in [3.8, 4) is 11.8 Å². The van der Waals surface area contributed by atoms with E-state index >= 15 is 0 Å². The van der Waals surface area contributed by atoms with Crippen LogP contribution in [0.15, 0.2) is 11.4 Å². The molecule has 1 aromatic rings. The molecule has 2 N–H and O–H groups in total. The van der Waals surface area contributed by atoms with Crippen LogP contribution in [-0.4, -0.2) is 24.5 Å². The van der Waals surface area contributed by atoms with E-state index in [4.69, 9.17) is 5.73 Å². The largest absolute Gasteiger partial charge is 0.320 e. The van der Waals surface area contributed by atoms with E-state index in [0.29, 0.717) is 6.54 Å². The fraction of sp³-hybridized carbons (Fsp3) is 0.571. The van der Waals surface area contributed by atoms with Crippen LogP contribution in [0.5, 0.6) is 0 Å². The standard InChI is InChI=1S/C14H20N2S/c1-11-7-16(8-12(11)2)9-14-6-13(10-17-14)4-3-5-15/h6,10-12H,5,7-9,15H2,1-2H3. The van der Waals surface area contributed by atoms with Gasteiger partial charge in [-0.2, -0.15) is 0 Å². The molecule has 2 unspecified atom stereocenters. The summed E-state index contributed by atoms with van der Waals surface area (Å²) in [6, 6.07) is 2.20. The van der Waals surface area contributed by atoms with E-state index in [1.165, 1.54) is 18.0 Å². The Morgan fingerprint density at radius 3 is 2.76 bits per heavy atom. The Hall–Kier alpha value is -0.820. The Kier molecular flexibility index (Phi) is 4.22. The number of nitrogens with zero attached hydrogens (tertiary/aromatic N) is 1. The summed E-state index contributed by atoms with van der Waals surface area (Å²) in [5.74, 6) is 7.63. The van der Waals surface area contributed by atoms with Gasteiger partial charge in [0.05, 0.1) is 6.54 Å². The zero-order chi connectivity index (χ0) is 12.3. The highest BCUT2D eigenvalue weighted by molar-refractivity contribution is 7.10. The van der Waals surface area contributed by atoms with Gasteiger partial charge >= 0.3 is 0 Å². The smallest absolute Gasteiger partial charge is 0.0555 e. The topological polar surface area (TPSA) is 29.3 Å². The second-order valence-corrected chi connectivity index (χ2v) is 5.95. The maximum atomic E-state index is 5.37. The van der Waals surface area contributed by atoms with Crippen LogP contribution in [0.25, 0.3) is 0 Å². The summed E-state index contributed by atoms with van der Waals surface area (Å²) >= 11 is 1.80. The Labute approximate surface area is 108 Å². The average molecular weight is 248 g/mol. The summed E-state index contributed by atoms with van der Waals surface area (Å²) in [6.45, 7) is 8.65. The zero-order valence-corrected chi connectivity index (χ0v) is 11.4. The van der Waals surface area contributed by atoms with E-state index in [9.17, 15) is 0 Å². The van der Waals surface area contributed by atoms with Crippen LogP contribution in [0.1, 0.15) is 24.3 Å². The van der Waals surface area contributed by atoms with E-state index in [-0.39, 0.29) is 0 Å². The predicted octanol–water partition coefficient (Wildman–Crippen LogP) is 2.15. The molecule has 0 aromatic carbocycles. The molecule has 2 rings (SSSR count). The fourth-order valence-electron chi connectivity index (χ4n) is 2.28. The van der Waals surface area contributed by atoms with Crippen LogP contribution in [0.2, 0.25) is 0 Å². The van der Waals surface area contributed by atoms with Gasteiger partial charge in [0, 0.05) is 35.5 Å². The Morgan fingerprint density at radius 2 is 2.12 bits per heavy atom. The third-order valence-electron chi connectivity index (χ3n) is 3.43. The fourth-order valence-corrected chi connectivity index (χ4v) is 3.14. The van der Waals surface area contributed by atoms with Crippen molar-refractivity contribution in [3.05, 3.63) is 21.9 Å². The lowest BCUT2D eigenvalue weighted by Gasteiger charge is -2.13. The lowest BCUT2D eigenvalue weighted by molar-refractivity contribution is 0.319. The SMILES string of the molecule is CC1CN(Cc2cc(C#CCN)cs2)CC1C. The first-order valence-corrected chi connectivity index (χ1v) is 7.05. The minimum Gasteiger partial charge on any atom is -0.320 e. The molecule has 92 valence electrons. The third-order valence-corrected chi connectivity index (χ3v) is 4.35. The van der Waals surface area contributed by atoms with Crippen molar-refractivity contribution in [2.75, 3.05) is 19.6 Å². The van der Waals surface area contributed by atoms with Crippen molar-refractivity contribution in [2.24, 2.45) is 17.6 Å². The molecule has 0 spiro atoms. The van der Waals surface area contributed by atoms with Crippen LogP contribution >= 0.6 is 11.3 Å². The third kappa shape index (κ3) is 3.32. The average Bonchev–Trinajstić information content (AvgIpc) is 2.85. The van der Waals surface area contributed by atoms with E-state index in [2.05, 4.69) is 42.0 Å². The lowest BCUT2D eigenvalue weighted by atomic mass is 10.0. The molecule has 1 aliphatic heterocycles. The second-order valence-electron chi connectivity index (χ2n) is 4.96. The molecule has 0 amide bonds. The molecule has 1 saturated heterocycles. The highest BCUT2D eigenvalue weighted by Crippen LogP contribution is 2.25. The first-order valence-electron chi connectivity index (χ1n) is 6.17. The van der Waals surface area contributed by atoms with Crippen LogP contribution in [0.4, 0.5) is 0 Å². The molecule has 1 aromatic heterocycles. The van der Waals surface area contributed by atoms with Gasteiger partial charge in [0.25, 0.3) is 0 Å². The van der Waals surface area contributed by atoms with Gasteiger partial charge in [-0.05, 0) is 17.9 Å². The molecule has 2 atom stereocenters. The summed E-state index contributed by atoms with van der Waals surface area (Å²) in [7, 11) is 0. The number of thiophene rings is 1. The number of rotatable bonds is 2. The van der Waals surface area contributed by atoms with Crippen molar-refractivity contribution < 1.29 is 0 Å². The van der Waals surface area contributed by atoms with Crippen LogP contribution in [0, 0.1) is 23.7 Å². The molecule has 3 heteroatoms. The molecular formula is C14H20N2S. The van der Waals surface area contributed by atoms with Crippen molar-refractivity contribution in [1.29, 1.82) is 0 Å². The van der Waals surface area contributed by atoms with E-state index in [1.54, 1.807) is 11.3 Å². The summed E-state index contributed by atoms with van der Waals surface area (Å²) in [5.41, 5.74) is 6.47. The summed E-state index contributed by atoms with van der Waals surface area (Å²) in [5, 5.41) is 2.13. The summed E-state index contributed by atoms with van der Waals surface area (Å²) in [4.78, 5) is 3.95. The van der Waals surface area contributed by atoms with Crippen molar-refractivity contribution in [3.63, 3.8) is 0 Å². The van der Waals surface area contributed by atoms with Crippen LogP contribution < -0.4 is 5.73 Å². The lowest BCUT2D eigenvalue weighted by Crippen LogP contribution is -2.19. The molecule has 1 fully saturated rings. The minimum atomic E-state index is 0.437. The number of hydrogen-bond donors (Lipinski definition) is 1. The van der Waals surface area contributed by atoms with Gasteiger partial charge in [-0.25, -0.2) is 0 Å². The van der Waals surface area contributed by atoms with Crippen LogP contribution in [-0.2, 0) is 6.54 Å². The summed E-state index contributed by atoms with van der Waals surface area (Å²) in [6.07, 6.45) is 0. The van der Waals surface area contributed by atoms with Crippen LogP contribution in [0.3, 0.4) is 0 Å². The van der Waals surface area contributed by atoms with Crippen molar-refractivity contribution >= 4 is 11.3 Å². The van der Waals surface area contributed by atoms with E-state index < -0.39 is 0 Å². The minimum absolute atomic E-state index is 0.437. The maximum Gasteiger partial charge on any atom is 0.0555 e. The predicted molar refractivity (Wildman–Crippen MR) is 73.9 cm³/mol. The number of nitrogens with two attached hydrogens (primary N) is 1. The molecule has 1 aliphatic rings. The highest BCUT2D eigenvalue weighted by atomic mass is 32.1. The molecule has 0 aliphatic carbocycles. The monoisotopic (exact) mass is 248 g/mol.